The van der Waals surface area contributed by atoms with Gasteiger partial charge in [0.2, 0.25) is 0 Å². The minimum atomic E-state index is -0.501. The zero-order valence-electron chi connectivity index (χ0n) is 15.0. The molecule has 4 aliphatic carbocycles. The average molecular weight is 316 g/mol. The van der Waals surface area contributed by atoms with Crippen LogP contribution in [0.3, 0.4) is 0 Å². The van der Waals surface area contributed by atoms with E-state index in [0.717, 1.165) is 43.9 Å². The zero-order chi connectivity index (χ0) is 16.4. The van der Waals surface area contributed by atoms with Gasteiger partial charge in [-0.25, -0.2) is 0 Å². The first-order chi connectivity index (χ1) is 10.8. The molecule has 3 fully saturated rings. The van der Waals surface area contributed by atoms with Crippen molar-refractivity contribution >= 4 is 5.78 Å². The molecular formula is C21H32O2. The van der Waals surface area contributed by atoms with E-state index < -0.39 is 5.60 Å². The monoisotopic (exact) mass is 316 g/mol. The van der Waals surface area contributed by atoms with Crippen molar-refractivity contribution in [2.45, 2.75) is 77.7 Å². The highest BCUT2D eigenvalue weighted by Crippen LogP contribution is 2.64. The van der Waals surface area contributed by atoms with Gasteiger partial charge in [-0.1, -0.05) is 25.8 Å². The average Bonchev–Trinajstić information content (AvgIpc) is 2.47. The van der Waals surface area contributed by atoms with E-state index in [1.54, 1.807) is 0 Å². The molecule has 0 amide bonds. The maximum Gasteiger partial charge on any atom is 0.155 e. The van der Waals surface area contributed by atoms with Crippen LogP contribution in [0.1, 0.15) is 72.1 Å². The van der Waals surface area contributed by atoms with Crippen LogP contribution in [-0.2, 0) is 4.79 Å². The molecule has 0 aromatic carbocycles. The minimum absolute atomic E-state index is 0.0897. The summed E-state index contributed by atoms with van der Waals surface area (Å²) in [7, 11) is 0. The van der Waals surface area contributed by atoms with Crippen LogP contribution in [0.5, 0.6) is 0 Å². The van der Waals surface area contributed by atoms with Crippen molar-refractivity contribution in [3.63, 3.8) is 0 Å². The zero-order valence-corrected chi connectivity index (χ0v) is 15.0. The van der Waals surface area contributed by atoms with Crippen LogP contribution < -0.4 is 0 Å². The lowest BCUT2D eigenvalue weighted by molar-refractivity contribution is -0.182. The number of carbonyl (C=O) groups excluding carboxylic acids is 1. The molecule has 128 valence electrons. The first-order valence-electron chi connectivity index (χ1n) is 9.79. The van der Waals surface area contributed by atoms with Crippen molar-refractivity contribution in [3.8, 4) is 0 Å². The van der Waals surface area contributed by atoms with Crippen molar-refractivity contribution in [2.75, 3.05) is 0 Å². The fraction of sp³-hybridized carbons (Fsp3) is 0.857. The fourth-order valence-electron chi connectivity index (χ4n) is 7.06. The van der Waals surface area contributed by atoms with Gasteiger partial charge in [0, 0.05) is 6.42 Å². The summed E-state index contributed by atoms with van der Waals surface area (Å²) >= 11 is 0. The van der Waals surface area contributed by atoms with E-state index >= 15 is 0 Å². The molecule has 0 aliphatic heterocycles. The van der Waals surface area contributed by atoms with E-state index in [4.69, 9.17) is 0 Å². The third-order valence-corrected chi connectivity index (χ3v) is 8.44. The lowest BCUT2D eigenvalue weighted by atomic mass is 9.43. The Balaban J connectivity index is 1.69. The number of hydrogen-bond donors (Lipinski definition) is 1. The van der Waals surface area contributed by atoms with Gasteiger partial charge in [0.15, 0.2) is 5.78 Å². The Morgan fingerprint density at radius 3 is 2.74 bits per heavy atom. The molecule has 7 atom stereocenters. The summed E-state index contributed by atoms with van der Waals surface area (Å²) in [6.45, 7) is 6.87. The maximum atomic E-state index is 11.8. The topological polar surface area (TPSA) is 37.3 Å². The molecule has 4 aliphatic rings. The molecule has 0 bridgehead atoms. The summed E-state index contributed by atoms with van der Waals surface area (Å²) in [6.07, 6.45) is 10.8. The number of ketones is 1. The number of carbonyl (C=O) groups is 1. The highest BCUT2D eigenvalue weighted by atomic mass is 16.3. The van der Waals surface area contributed by atoms with Crippen molar-refractivity contribution < 1.29 is 9.90 Å². The highest BCUT2D eigenvalue weighted by molar-refractivity contribution is 5.91. The molecule has 23 heavy (non-hydrogen) atoms. The molecule has 0 heterocycles. The fourth-order valence-corrected chi connectivity index (χ4v) is 7.06. The molecular weight excluding hydrogens is 284 g/mol. The summed E-state index contributed by atoms with van der Waals surface area (Å²) in [5, 5.41) is 11.1. The van der Waals surface area contributed by atoms with Gasteiger partial charge in [0.05, 0.1) is 5.60 Å². The van der Waals surface area contributed by atoms with E-state index in [2.05, 4.69) is 20.8 Å². The molecule has 0 unspecified atom stereocenters. The Morgan fingerprint density at radius 2 is 1.96 bits per heavy atom. The Hall–Kier alpha value is -0.630. The number of aliphatic hydroxyl groups is 1. The van der Waals surface area contributed by atoms with E-state index in [0.29, 0.717) is 23.5 Å². The van der Waals surface area contributed by atoms with Gasteiger partial charge in [-0.05, 0) is 86.5 Å². The van der Waals surface area contributed by atoms with E-state index in [-0.39, 0.29) is 5.41 Å². The summed E-state index contributed by atoms with van der Waals surface area (Å²) in [6, 6.07) is 0. The van der Waals surface area contributed by atoms with Crippen molar-refractivity contribution in [1.29, 1.82) is 0 Å². The molecule has 2 nitrogen and oxygen atoms in total. The second kappa shape index (κ2) is 5.18. The lowest BCUT2D eigenvalue weighted by Crippen LogP contribution is -2.59. The minimum Gasteiger partial charge on any atom is -0.390 e. The summed E-state index contributed by atoms with van der Waals surface area (Å²) < 4.78 is 0. The largest absolute Gasteiger partial charge is 0.390 e. The molecule has 0 radical (unpaired) electrons. The van der Waals surface area contributed by atoms with Gasteiger partial charge < -0.3 is 5.11 Å². The first-order valence-corrected chi connectivity index (χ1v) is 9.79. The molecule has 4 rings (SSSR count). The van der Waals surface area contributed by atoms with Crippen LogP contribution in [-0.4, -0.2) is 16.5 Å². The van der Waals surface area contributed by atoms with Gasteiger partial charge in [0.1, 0.15) is 0 Å². The van der Waals surface area contributed by atoms with Gasteiger partial charge >= 0.3 is 0 Å². The Bertz CT molecular complexity index is 546. The lowest BCUT2D eigenvalue weighted by Gasteiger charge is -2.62. The molecule has 0 aromatic rings. The van der Waals surface area contributed by atoms with Crippen LogP contribution in [0.25, 0.3) is 0 Å². The standard InChI is InChI=1S/C21H32O2/c1-13-11-14-12-15(22)6-7-16(14)17-8-10-20(2)18(19(13)17)5-4-9-21(20,3)23/h12-13,16-19,23H,4-11H2,1-3H3/t13-,16+,17-,18+,19-,20+,21+/m1/s1. The maximum absolute atomic E-state index is 11.8. The van der Waals surface area contributed by atoms with Crippen LogP contribution in [0, 0.1) is 35.0 Å². The number of hydrogen-bond acceptors (Lipinski definition) is 2. The SMILES string of the molecule is C[C@@H]1CC2=CC(=O)CC[C@@H]2[C@H]2CC[C@@]3(C)[C@@H](CCC[C@]3(C)O)[C@@H]21. The summed E-state index contributed by atoms with van der Waals surface area (Å²) in [5.74, 6) is 3.83. The molecule has 0 aromatic heterocycles. The second-order valence-corrected chi connectivity index (χ2v) is 9.48. The van der Waals surface area contributed by atoms with E-state index in [1.807, 2.05) is 6.08 Å². The quantitative estimate of drug-likeness (QED) is 0.713. The van der Waals surface area contributed by atoms with Gasteiger partial charge in [-0.15, -0.1) is 0 Å². The van der Waals surface area contributed by atoms with Gasteiger partial charge in [-0.2, -0.15) is 0 Å². The van der Waals surface area contributed by atoms with Crippen LogP contribution in [0.2, 0.25) is 0 Å². The number of fused-ring (bicyclic) bond motifs is 5. The first kappa shape index (κ1) is 15.9. The Kier molecular flexibility index (Phi) is 3.58. The molecule has 2 heteroatoms. The molecule has 3 saturated carbocycles. The summed E-state index contributed by atoms with van der Waals surface area (Å²) in [5.41, 5.74) is 1.05. The third-order valence-electron chi connectivity index (χ3n) is 8.44. The number of rotatable bonds is 0. The smallest absolute Gasteiger partial charge is 0.155 e. The Labute approximate surface area is 140 Å². The Morgan fingerprint density at radius 1 is 1.17 bits per heavy atom. The molecule has 0 spiro atoms. The van der Waals surface area contributed by atoms with Gasteiger partial charge in [0.25, 0.3) is 0 Å². The van der Waals surface area contributed by atoms with E-state index in [9.17, 15) is 9.90 Å². The second-order valence-electron chi connectivity index (χ2n) is 9.48. The highest BCUT2D eigenvalue weighted by Gasteiger charge is 2.59. The van der Waals surface area contributed by atoms with Crippen molar-refractivity contribution in [2.24, 2.45) is 35.0 Å². The number of allylic oxidation sites excluding steroid dienone is 2. The van der Waals surface area contributed by atoms with E-state index in [1.165, 1.54) is 24.8 Å². The third kappa shape index (κ3) is 2.20. The molecule has 1 N–H and O–H groups in total. The van der Waals surface area contributed by atoms with Crippen molar-refractivity contribution in [3.05, 3.63) is 11.6 Å². The predicted octanol–water partition coefficient (Wildman–Crippen LogP) is 4.52. The van der Waals surface area contributed by atoms with Gasteiger partial charge in [-0.3, -0.25) is 4.79 Å². The normalized spacial score (nSPS) is 53.0. The van der Waals surface area contributed by atoms with Crippen molar-refractivity contribution in [1.82, 2.24) is 0 Å². The predicted molar refractivity (Wildman–Crippen MR) is 91.9 cm³/mol. The molecule has 0 saturated heterocycles. The van der Waals surface area contributed by atoms with Crippen LogP contribution >= 0.6 is 0 Å². The van der Waals surface area contributed by atoms with Crippen LogP contribution in [0.15, 0.2) is 11.6 Å². The summed E-state index contributed by atoms with van der Waals surface area (Å²) in [4.78, 5) is 11.8. The van der Waals surface area contributed by atoms with Crippen LogP contribution in [0.4, 0.5) is 0 Å².